The van der Waals surface area contributed by atoms with E-state index in [9.17, 15) is 4.79 Å². The maximum absolute atomic E-state index is 12.7. The molecule has 0 atom stereocenters. The molecule has 3 rings (SSSR count). The average molecular weight is 439 g/mol. The Bertz CT molecular complexity index is 1050. The number of thioether (sulfide) groups is 1. The Labute approximate surface area is 186 Å². The first-order valence-electron chi connectivity index (χ1n) is 9.45. The fourth-order valence-corrected chi connectivity index (χ4v) is 4.09. The molecule has 0 N–H and O–H groups in total. The standard InChI is InChI=1S/C23H23ClN4OS/c1-4-14-27(15-5-2)21(29)16-30-23-26-25-22(18-11-7-8-12-19(18)24)28(23)20-13-9-6-10-17(20)3/h4-13H,1-2,14-16H2,3H3. The van der Waals surface area contributed by atoms with Crippen LogP contribution >= 0.6 is 23.4 Å². The predicted molar refractivity (Wildman–Crippen MR) is 124 cm³/mol. The van der Waals surface area contributed by atoms with Crippen LogP contribution in [0.15, 0.2) is 79.0 Å². The van der Waals surface area contributed by atoms with Gasteiger partial charge in [-0.3, -0.25) is 9.36 Å². The van der Waals surface area contributed by atoms with Crippen molar-refractivity contribution in [3.05, 3.63) is 84.4 Å². The molecule has 30 heavy (non-hydrogen) atoms. The molecule has 3 aromatic rings. The van der Waals surface area contributed by atoms with Gasteiger partial charge in [-0.15, -0.1) is 23.4 Å². The third-order valence-electron chi connectivity index (χ3n) is 4.48. The Kier molecular flexibility index (Phi) is 7.49. The fraction of sp³-hybridized carbons (Fsp3) is 0.174. The summed E-state index contributed by atoms with van der Waals surface area (Å²) in [4.78, 5) is 14.4. The first kappa shape index (κ1) is 21.9. The van der Waals surface area contributed by atoms with E-state index in [0.717, 1.165) is 16.8 Å². The van der Waals surface area contributed by atoms with Gasteiger partial charge in [-0.1, -0.05) is 65.8 Å². The second-order valence-corrected chi connectivity index (χ2v) is 7.92. The molecule has 7 heteroatoms. The van der Waals surface area contributed by atoms with E-state index in [1.54, 1.807) is 17.1 Å². The number of nitrogens with zero attached hydrogens (tertiary/aromatic N) is 4. The van der Waals surface area contributed by atoms with Crippen LogP contribution in [0.4, 0.5) is 0 Å². The van der Waals surface area contributed by atoms with Gasteiger partial charge < -0.3 is 4.90 Å². The van der Waals surface area contributed by atoms with Gasteiger partial charge in [0.1, 0.15) is 0 Å². The van der Waals surface area contributed by atoms with Crippen LogP contribution in [0.3, 0.4) is 0 Å². The molecule has 0 aliphatic heterocycles. The quantitative estimate of drug-likeness (QED) is 0.341. The van der Waals surface area contributed by atoms with Gasteiger partial charge in [0.05, 0.1) is 16.5 Å². The van der Waals surface area contributed by atoms with Crippen molar-refractivity contribution < 1.29 is 4.79 Å². The number of amides is 1. The van der Waals surface area contributed by atoms with Crippen molar-refractivity contribution in [3.8, 4) is 17.1 Å². The van der Waals surface area contributed by atoms with E-state index in [4.69, 9.17) is 11.6 Å². The molecule has 0 saturated heterocycles. The van der Waals surface area contributed by atoms with Crippen LogP contribution in [0.1, 0.15) is 5.56 Å². The van der Waals surface area contributed by atoms with E-state index in [0.29, 0.717) is 29.1 Å². The highest BCUT2D eigenvalue weighted by atomic mass is 35.5. The molecule has 0 aliphatic rings. The van der Waals surface area contributed by atoms with Crippen LogP contribution in [0.2, 0.25) is 5.02 Å². The summed E-state index contributed by atoms with van der Waals surface area (Å²) in [6.07, 6.45) is 3.41. The molecule has 0 saturated carbocycles. The lowest BCUT2D eigenvalue weighted by atomic mass is 10.1. The van der Waals surface area contributed by atoms with Gasteiger partial charge in [0.2, 0.25) is 5.91 Å². The SMILES string of the molecule is C=CCN(CC=C)C(=O)CSc1nnc(-c2ccccc2Cl)n1-c1ccccc1C. The zero-order valence-electron chi connectivity index (χ0n) is 16.8. The third kappa shape index (κ3) is 4.83. The predicted octanol–water partition coefficient (Wildman–Crippen LogP) is 5.19. The number of rotatable bonds is 9. The van der Waals surface area contributed by atoms with Crippen LogP contribution in [0, 0.1) is 6.92 Å². The van der Waals surface area contributed by atoms with E-state index < -0.39 is 0 Å². The van der Waals surface area contributed by atoms with E-state index in [1.807, 2.05) is 60.0 Å². The zero-order valence-corrected chi connectivity index (χ0v) is 18.4. The number of para-hydroxylation sites is 1. The lowest BCUT2D eigenvalue weighted by Crippen LogP contribution is -2.32. The van der Waals surface area contributed by atoms with Crippen molar-refractivity contribution in [2.24, 2.45) is 0 Å². The molecule has 0 unspecified atom stereocenters. The molecule has 0 bridgehead atoms. The smallest absolute Gasteiger partial charge is 0.233 e. The number of hydrogen-bond acceptors (Lipinski definition) is 4. The van der Waals surface area contributed by atoms with Gasteiger partial charge in [-0.25, -0.2) is 0 Å². The lowest BCUT2D eigenvalue weighted by Gasteiger charge is -2.19. The Hall–Kier alpha value is -2.83. The highest BCUT2D eigenvalue weighted by Crippen LogP contribution is 2.32. The first-order valence-corrected chi connectivity index (χ1v) is 10.8. The summed E-state index contributed by atoms with van der Waals surface area (Å²) in [5.41, 5.74) is 2.80. The average Bonchev–Trinajstić information content (AvgIpc) is 3.16. The van der Waals surface area contributed by atoms with Gasteiger partial charge in [-0.05, 0) is 30.7 Å². The minimum Gasteiger partial charge on any atom is -0.335 e. The number of hydrogen-bond donors (Lipinski definition) is 0. The van der Waals surface area contributed by atoms with Crippen molar-refractivity contribution in [2.45, 2.75) is 12.1 Å². The number of carbonyl (C=O) groups is 1. The fourth-order valence-electron chi connectivity index (χ4n) is 3.02. The van der Waals surface area contributed by atoms with Crippen molar-refractivity contribution in [1.82, 2.24) is 19.7 Å². The zero-order chi connectivity index (χ0) is 21.5. The van der Waals surface area contributed by atoms with Crippen molar-refractivity contribution >= 4 is 29.3 Å². The number of aryl methyl sites for hydroxylation is 1. The topological polar surface area (TPSA) is 51.0 Å². The summed E-state index contributed by atoms with van der Waals surface area (Å²) in [5, 5.41) is 10.0. The number of aromatic nitrogens is 3. The Morgan fingerprint density at radius 1 is 1.10 bits per heavy atom. The summed E-state index contributed by atoms with van der Waals surface area (Å²) in [6.45, 7) is 10.4. The van der Waals surface area contributed by atoms with Gasteiger partial charge >= 0.3 is 0 Å². The summed E-state index contributed by atoms with van der Waals surface area (Å²) in [5.74, 6) is 0.853. The number of carbonyl (C=O) groups excluding carboxylic acids is 1. The summed E-state index contributed by atoms with van der Waals surface area (Å²) in [6, 6.07) is 15.5. The van der Waals surface area contributed by atoms with Crippen LogP contribution < -0.4 is 0 Å². The molecule has 154 valence electrons. The summed E-state index contributed by atoms with van der Waals surface area (Å²) >= 11 is 7.78. The highest BCUT2D eigenvalue weighted by Gasteiger charge is 2.20. The highest BCUT2D eigenvalue weighted by molar-refractivity contribution is 7.99. The molecule has 1 heterocycles. The Morgan fingerprint density at radius 3 is 2.43 bits per heavy atom. The van der Waals surface area contributed by atoms with Gasteiger partial charge in [0.25, 0.3) is 0 Å². The van der Waals surface area contributed by atoms with Crippen LogP contribution in [0.5, 0.6) is 0 Å². The molecule has 0 radical (unpaired) electrons. The Morgan fingerprint density at radius 2 is 1.77 bits per heavy atom. The minimum atomic E-state index is -0.0153. The van der Waals surface area contributed by atoms with Crippen molar-refractivity contribution in [2.75, 3.05) is 18.8 Å². The van der Waals surface area contributed by atoms with Gasteiger partial charge in [0, 0.05) is 18.7 Å². The normalized spacial score (nSPS) is 10.6. The van der Waals surface area contributed by atoms with E-state index >= 15 is 0 Å². The third-order valence-corrected chi connectivity index (χ3v) is 5.72. The van der Waals surface area contributed by atoms with E-state index in [2.05, 4.69) is 23.4 Å². The molecule has 2 aromatic carbocycles. The molecule has 1 aromatic heterocycles. The largest absolute Gasteiger partial charge is 0.335 e. The molecular formula is C23H23ClN4OS. The van der Waals surface area contributed by atoms with Crippen LogP contribution in [-0.4, -0.2) is 44.4 Å². The van der Waals surface area contributed by atoms with E-state index in [-0.39, 0.29) is 11.7 Å². The second kappa shape index (κ2) is 10.3. The Balaban J connectivity index is 1.98. The van der Waals surface area contributed by atoms with Gasteiger partial charge in [-0.2, -0.15) is 0 Å². The van der Waals surface area contributed by atoms with Crippen LogP contribution in [0.25, 0.3) is 17.1 Å². The molecule has 0 spiro atoms. The summed E-state index contributed by atoms with van der Waals surface area (Å²) in [7, 11) is 0. The maximum atomic E-state index is 12.7. The maximum Gasteiger partial charge on any atom is 0.233 e. The molecule has 0 fully saturated rings. The molecule has 1 amide bonds. The molecular weight excluding hydrogens is 416 g/mol. The van der Waals surface area contributed by atoms with Crippen molar-refractivity contribution in [3.63, 3.8) is 0 Å². The lowest BCUT2D eigenvalue weighted by molar-refractivity contribution is -0.127. The molecule has 5 nitrogen and oxygen atoms in total. The minimum absolute atomic E-state index is 0.0153. The van der Waals surface area contributed by atoms with Crippen LogP contribution in [-0.2, 0) is 4.79 Å². The monoisotopic (exact) mass is 438 g/mol. The molecule has 0 aliphatic carbocycles. The van der Waals surface area contributed by atoms with Gasteiger partial charge in [0.15, 0.2) is 11.0 Å². The van der Waals surface area contributed by atoms with Crippen molar-refractivity contribution in [1.29, 1.82) is 0 Å². The number of halogens is 1. The second-order valence-electron chi connectivity index (χ2n) is 6.57. The van der Waals surface area contributed by atoms with E-state index in [1.165, 1.54) is 11.8 Å². The summed E-state index contributed by atoms with van der Waals surface area (Å²) < 4.78 is 1.96. The first-order chi connectivity index (χ1) is 14.6. The number of benzene rings is 2.